The van der Waals surface area contributed by atoms with E-state index in [0.29, 0.717) is 16.1 Å². The van der Waals surface area contributed by atoms with Crippen molar-refractivity contribution < 1.29 is 9.90 Å². The molecule has 88 valence electrons. The predicted octanol–water partition coefficient (Wildman–Crippen LogP) is 2.84. The standard InChI is InChI=1S/C9H15O2.3CH3.Sn/c1-2-9(7-10)6-4-3-5-8(9)11;;;;/h2,10H,3-7H2,1H3;3*1H3;/t9-;;;;/m1..../s1. The summed E-state index contributed by atoms with van der Waals surface area (Å²) in [6, 6.07) is 0. The van der Waals surface area contributed by atoms with Crippen LogP contribution in [0.25, 0.3) is 0 Å². The predicted molar refractivity (Wildman–Crippen MR) is 65.8 cm³/mol. The number of aliphatic hydroxyl groups is 1. The average Bonchev–Trinajstić information content (AvgIpc) is 2.17. The zero-order chi connectivity index (χ0) is 11.7. The van der Waals surface area contributed by atoms with Crippen LogP contribution in [0.3, 0.4) is 0 Å². The van der Waals surface area contributed by atoms with Crippen molar-refractivity contribution in [3.05, 3.63) is 0 Å². The molecule has 2 atom stereocenters. The van der Waals surface area contributed by atoms with Crippen LogP contribution in [0.15, 0.2) is 0 Å². The van der Waals surface area contributed by atoms with E-state index in [0.717, 1.165) is 19.3 Å². The van der Waals surface area contributed by atoms with E-state index in [9.17, 15) is 9.90 Å². The molecule has 0 aliphatic heterocycles. The van der Waals surface area contributed by atoms with Gasteiger partial charge in [0.1, 0.15) is 0 Å². The molecular formula is C12H24O2Sn. The third-order valence-corrected chi connectivity index (χ3v) is 13.2. The first-order valence-corrected chi connectivity index (χ1v) is 16.2. The number of aliphatic hydroxyl groups excluding tert-OH is 1. The third-order valence-electron chi connectivity index (χ3n) is 4.24. The zero-order valence-electron chi connectivity index (χ0n) is 10.5. The second-order valence-electron chi connectivity index (χ2n) is 6.03. The van der Waals surface area contributed by atoms with E-state index in [4.69, 9.17) is 0 Å². The van der Waals surface area contributed by atoms with Gasteiger partial charge >= 0.3 is 97.4 Å². The molecule has 0 aromatic heterocycles. The Balaban J connectivity index is 2.97. The molecule has 0 aromatic rings. The molecule has 1 N–H and O–H groups in total. The number of ketones is 1. The van der Waals surface area contributed by atoms with Crippen LogP contribution in [0, 0.1) is 5.41 Å². The van der Waals surface area contributed by atoms with Gasteiger partial charge in [0.25, 0.3) is 0 Å². The molecule has 1 aliphatic rings. The van der Waals surface area contributed by atoms with E-state index in [1.807, 2.05) is 0 Å². The first-order valence-electron chi connectivity index (χ1n) is 5.99. The third kappa shape index (κ3) is 2.57. The van der Waals surface area contributed by atoms with Gasteiger partial charge in [0.05, 0.1) is 0 Å². The Hall–Kier alpha value is 0.429. The molecular weight excluding hydrogens is 295 g/mol. The molecule has 0 unspecified atom stereocenters. The van der Waals surface area contributed by atoms with E-state index < -0.39 is 18.4 Å². The Labute approximate surface area is 97.3 Å². The molecule has 0 amide bonds. The van der Waals surface area contributed by atoms with E-state index >= 15 is 0 Å². The average molecular weight is 319 g/mol. The van der Waals surface area contributed by atoms with Gasteiger partial charge in [0.15, 0.2) is 0 Å². The number of carbonyl (C=O) groups is 1. The van der Waals surface area contributed by atoms with Crippen molar-refractivity contribution in [2.45, 2.75) is 51.4 Å². The van der Waals surface area contributed by atoms with E-state index in [-0.39, 0.29) is 12.0 Å². The van der Waals surface area contributed by atoms with Crippen molar-refractivity contribution in [1.29, 1.82) is 0 Å². The number of hydrogen-bond acceptors (Lipinski definition) is 2. The maximum atomic E-state index is 12.1. The maximum absolute atomic E-state index is 12.1. The van der Waals surface area contributed by atoms with Crippen molar-refractivity contribution in [2.24, 2.45) is 5.41 Å². The summed E-state index contributed by atoms with van der Waals surface area (Å²) in [6.45, 7) is 2.27. The van der Waals surface area contributed by atoms with Crippen molar-refractivity contribution >= 4 is 24.2 Å². The van der Waals surface area contributed by atoms with Gasteiger partial charge in [-0.3, -0.25) is 0 Å². The summed E-state index contributed by atoms with van der Waals surface area (Å²) in [5.74, 6) is 0.329. The summed E-state index contributed by atoms with van der Waals surface area (Å²) in [5, 5.41) is 9.66. The Morgan fingerprint density at radius 1 is 1.40 bits per heavy atom. The van der Waals surface area contributed by atoms with Crippen LogP contribution in [-0.4, -0.2) is 35.9 Å². The van der Waals surface area contributed by atoms with Crippen molar-refractivity contribution in [1.82, 2.24) is 0 Å². The van der Waals surface area contributed by atoms with Crippen LogP contribution >= 0.6 is 0 Å². The van der Waals surface area contributed by atoms with Crippen molar-refractivity contribution in [3.8, 4) is 0 Å². The molecule has 0 heterocycles. The van der Waals surface area contributed by atoms with Crippen LogP contribution in [0.5, 0.6) is 0 Å². The summed E-state index contributed by atoms with van der Waals surface area (Å²) >= 11 is -2.10. The molecule has 3 heteroatoms. The molecule has 0 aromatic carbocycles. The fourth-order valence-electron chi connectivity index (χ4n) is 2.71. The first kappa shape index (κ1) is 13.5. The number of carbonyl (C=O) groups excluding carboxylic acids is 1. The first-order chi connectivity index (χ1) is 6.84. The Kier molecular flexibility index (Phi) is 4.26. The van der Waals surface area contributed by atoms with Crippen LogP contribution in [0.2, 0.25) is 18.8 Å². The molecule has 1 rings (SSSR count). The van der Waals surface area contributed by atoms with Gasteiger partial charge in [0.2, 0.25) is 0 Å². The number of hydrogen-bond donors (Lipinski definition) is 1. The van der Waals surface area contributed by atoms with Crippen molar-refractivity contribution in [2.75, 3.05) is 6.61 Å². The minimum absolute atomic E-state index is 0.0706. The van der Waals surface area contributed by atoms with Crippen LogP contribution in [0.1, 0.15) is 32.6 Å². The van der Waals surface area contributed by atoms with Gasteiger partial charge in [-0.1, -0.05) is 0 Å². The molecule has 0 spiro atoms. The van der Waals surface area contributed by atoms with Gasteiger partial charge in [-0.15, -0.1) is 0 Å². The topological polar surface area (TPSA) is 37.3 Å². The molecule has 0 radical (unpaired) electrons. The molecule has 15 heavy (non-hydrogen) atoms. The molecule has 2 nitrogen and oxygen atoms in total. The van der Waals surface area contributed by atoms with Crippen LogP contribution < -0.4 is 0 Å². The summed E-state index contributed by atoms with van der Waals surface area (Å²) in [6.07, 6.45) is 3.73. The van der Waals surface area contributed by atoms with E-state index in [2.05, 4.69) is 21.7 Å². The van der Waals surface area contributed by atoms with Gasteiger partial charge in [0, 0.05) is 0 Å². The molecule has 0 saturated heterocycles. The summed E-state index contributed by atoms with van der Waals surface area (Å²) < 4.78 is 0.449. The molecule has 1 saturated carbocycles. The summed E-state index contributed by atoms with van der Waals surface area (Å²) in [5.41, 5.74) is -0.368. The van der Waals surface area contributed by atoms with Gasteiger partial charge in [-0.25, -0.2) is 0 Å². The summed E-state index contributed by atoms with van der Waals surface area (Å²) in [7, 11) is 0. The minimum atomic E-state index is -2.10. The fourth-order valence-corrected chi connectivity index (χ4v) is 8.57. The number of Topliss-reactive ketones (excluding diaryl/α,β-unsaturated/α-hetero) is 1. The molecule has 1 fully saturated rings. The van der Waals surface area contributed by atoms with Crippen LogP contribution in [-0.2, 0) is 4.79 Å². The SMILES string of the molecule is C[C@H]([C@]1(CO)CCCCC1=O)[Sn]([CH3])([CH3])[CH3]. The Morgan fingerprint density at radius 2 is 2.00 bits per heavy atom. The van der Waals surface area contributed by atoms with Crippen LogP contribution in [0.4, 0.5) is 0 Å². The Bertz CT molecular complexity index is 244. The number of rotatable bonds is 3. The Morgan fingerprint density at radius 3 is 2.40 bits per heavy atom. The van der Waals surface area contributed by atoms with Gasteiger partial charge in [-0.2, -0.15) is 0 Å². The van der Waals surface area contributed by atoms with Crippen molar-refractivity contribution in [3.63, 3.8) is 0 Å². The zero-order valence-corrected chi connectivity index (χ0v) is 13.3. The fraction of sp³-hybridized carbons (Fsp3) is 0.917. The van der Waals surface area contributed by atoms with Gasteiger partial charge in [-0.05, 0) is 0 Å². The second-order valence-corrected chi connectivity index (χ2v) is 22.0. The molecule has 0 bridgehead atoms. The van der Waals surface area contributed by atoms with Gasteiger partial charge < -0.3 is 0 Å². The van der Waals surface area contributed by atoms with E-state index in [1.165, 1.54) is 0 Å². The normalized spacial score (nSPS) is 30.3. The summed E-state index contributed by atoms with van der Waals surface area (Å²) in [4.78, 5) is 19.2. The second kappa shape index (κ2) is 4.74. The quantitative estimate of drug-likeness (QED) is 0.812. The molecule has 1 aliphatic carbocycles. The van der Waals surface area contributed by atoms with E-state index in [1.54, 1.807) is 0 Å². The monoisotopic (exact) mass is 320 g/mol.